The molecule has 0 amide bonds. The minimum Gasteiger partial charge on any atom is -0.467 e. The van der Waals surface area contributed by atoms with Crippen LogP contribution in [0.15, 0.2) is 24.3 Å². The summed E-state index contributed by atoms with van der Waals surface area (Å²) in [4.78, 5) is 11.6. The third-order valence-electron chi connectivity index (χ3n) is 2.48. The Bertz CT molecular complexity index is 371. The van der Waals surface area contributed by atoms with E-state index in [4.69, 9.17) is 10.6 Å². The van der Waals surface area contributed by atoms with Crippen molar-refractivity contribution in [3.8, 4) is 0 Å². The van der Waals surface area contributed by atoms with Crippen molar-refractivity contribution in [1.29, 1.82) is 0 Å². The summed E-state index contributed by atoms with van der Waals surface area (Å²) < 4.78 is 4.72. The van der Waals surface area contributed by atoms with Crippen molar-refractivity contribution in [1.82, 2.24) is 5.43 Å². The van der Waals surface area contributed by atoms with Gasteiger partial charge in [-0.25, -0.2) is 10.2 Å². The van der Waals surface area contributed by atoms with E-state index >= 15 is 0 Å². The number of methoxy groups -OCH3 is 1. The molecule has 0 bridgehead atoms. The Kier molecular flexibility index (Phi) is 5.44. The molecule has 16 heavy (non-hydrogen) atoms. The summed E-state index contributed by atoms with van der Waals surface area (Å²) in [6.07, 6.45) is 0. The topological polar surface area (TPSA) is 64.3 Å². The molecule has 0 saturated carbocycles. The van der Waals surface area contributed by atoms with E-state index in [0.29, 0.717) is 0 Å². The van der Waals surface area contributed by atoms with Gasteiger partial charge in [0.25, 0.3) is 0 Å². The molecule has 5 heteroatoms. The first-order valence-corrected chi connectivity index (χ1v) is 4.68. The molecule has 1 unspecified atom stereocenters. The number of hydrogen-bond acceptors (Lipinski definition) is 4. The highest BCUT2D eigenvalue weighted by atomic mass is 35.5. The average molecular weight is 245 g/mol. The SMILES string of the molecule is COC(=O)C(C)(NN)c1cccc(C)c1.Cl. The number of aryl methyl sites for hydroxylation is 1. The summed E-state index contributed by atoms with van der Waals surface area (Å²) in [5.74, 6) is 5.01. The van der Waals surface area contributed by atoms with Crippen molar-refractivity contribution in [2.75, 3.05) is 7.11 Å². The van der Waals surface area contributed by atoms with Crippen molar-refractivity contribution in [3.05, 3.63) is 35.4 Å². The Morgan fingerprint density at radius 2 is 2.12 bits per heavy atom. The lowest BCUT2D eigenvalue weighted by atomic mass is 9.92. The molecular weight excluding hydrogens is 228 g/mol. The van der Waals surface area contributed by atoms with Crippen LogP contribution in [0.5, 0.6) is 0 Å². The van der Waals surface area contributed by atoms with Crippen molar-refractivity contribution in [2.45, 2.75) is 19.4 Å². The third-order valence-corrected chi connectivity index (χ3v) is 2.48. The fourth-order valence-electron chi connectivity index (χ4n) is 1.42. The Morgan fingerprint density at radius 3 is 2.56 bits per heavy atom. The van der Waals surface area contributed by atoms with E-state index in [0.717, 1.165) is 11.1 Å². The van der Waals surface area contributed by atoms with Crippen LogP contribution in [0.2, 0.25) is 0 Å². The molecule has 4 nitrogen and oxygen atoms in total. The van der Waals surface area contributed by atoms with Crippen LogP contribution < -0.4 is 11.3 Å². The number of nitrogens with two attached hydrogens (primary N) is 1. The fraction of sp³-hybridized carbons (Fsp3) is 0.364. The van der Waals surface area contributed by atoms with Gasteiger partial charge in [0.05, 0.1) is 7.11 Å². The lowest BCUT2D eigenvalue weighted by Gasteiger charge is -2.26. The predicted molar refractivity (Wildman–Crippen MR) is 65.1 cm³/mol. The van der Waals surface area contributed by atoms with Gasteiger partial charge in [-0.2, -0.15) is 0 Å². The fourth-order valence-corrected chi connectivity index (χ4v) is 1.42. The van der Waals surface area contributed by atoms with Crippen molar-refractivity contribution < 1.29 is 9.53 Å². The summed E-state index contributed by atoms with van der Waals surface area (Å²) in [6.45, 7) is 3.64. The number of rotatable bonds is 3. The summed E-state index contributed by atoms with van der Waals surface area (Å²) in [5.41, 5.74) is 3.36. The first kappa shape index (κ1) is 14.9. The van der Waals surface area contributed by atoms with E-state index in [1.54, 1.807) is 6.92 Å². The first-order chi connectivity index (χ1) is 7.04. The van der Waals surface area contributed by atoms with Crippen molar-refractivity contribution >= 4 is 18.4 Å². The van der Waals surface area contributed by atoms with Gasteiger partial charge in [0.1, 0.15) is 0 Å². The normalized spacial score (nSPS) is 13.5. The van der Waals surface area contributed by atoms with Gasteiger partial charge < -0.3 is 4.74 Å². The number of benzene rings is 1. The zero-order valence-electron chi connectivity index (χ0n) is 9.61. The Hall–Kier alpha value is -1.10. The molecule has 0 aliphatic carbocycles. The largest absolute Gasteiger partial charge is 0.467 e. The standard InChI is InChI=1S/C11H16N2O2.ClH/c1-8-5-4-6-9(7-8)11(2,13-12)10(14)15-3;/h4-7,13H,12H2,1-3H3;1H. The number of nitrogens with one attached hydrogen (secondary N) is 1. The highest BCUT2D eigenvalue weighted by Crippen LogP contribution is 2.22. The number of carbonyl (C=O) groups is 1. The van der Waals surface area contributed by atoms with E-state index in [9.17, 15) is 4.79 Å². The molecule has 0 spiro atoms. The Labute approximate surface area is 102 Å². The lowest BCUT2D eigenvalue weighted by Crippen LogP contribution is -2.51. The van der Waals surface area contributed by atoms with E-state index < -0.39 is 11.5 Å². The summed E-state index contributed by atoms with van der Waals surface area (Å²) >= 11 is 0. The van der Waals surface area contributed by atoms with Crippen LogP contribution in [0, 0.1) is 6.92 Å². The van der Waals surface area contributed by atoms with Gasteiger partial charge in [0.15, 0.2) is 5.54 Å². The van der Waals surface area contributed by atoms with E-state index in [1.807, 2.05) is 31.2 Å². The molecule has 0 fully saturated rings. The molecule has 0 radical (unpaired) electrons. The Balaban J connectivity index is 0.00000225. The Morgan fingerprint density at radius 1 is 1.50 bits per heavy atom. The van der Waals surface area contributed by atoms with Crippen LogP contribution in [-0.2, 0) is 15.1 Å². The quantitative estimate of drug-likeness (QED) is 0.478. The van der Waals surface area contributed by atoms with Gasteiger partial charge in [0.2, 0.25) is 0 Å². The maximum absolute atomic E-state index is 11.6. The molecule has 1 aromatic rings. The molecule has 0 aliphatic heterocycles. The van der Waals surface area contributed by atoms with Gasteiger partial charge in [-0.3, -0.25) is 5.84 Å². The molecule has 0 aromatic heterocycles. The van der Waals surface area contributed by atoms with E-state index in [1.165, 1.54) is 7.11 Å². The zero-order valence-corrected chi connectivity index (χ0v) is 10.4. The van der Waals surface area contributed by atoms with Gasteiger partial charge in [-0.1, -0.05) is 29.8 Å². The maximum atomic E-state index is 11.6. The molecule has 0 heterocycles. The second kappa shape index (κ2) is 5.84. The number of hydrazine groups is 1. The predicted octanol–water partition coefficient (Wildman–Crippen LogP) is 1.27. The minimum absolute atomic E-state index is 0. The number of halogens is 1. The number of hydrogen-bond donors (Lipinski definition) is 2. The monoisotopic (exact) mass is 244 g/mol. The van der Waals surface area contributed by atoms with Crippen LogP contribution in [0.4, 0.5) is 0 Å². The van der Waals surface area contributed by atoms with E-state index in [-0.39, 0.29) is 12.4 Å². The van der Waals surface area contributed by atoms with Gasteiger partial charge >= 0.3 is 5.97 Å². The molecule has 1 rings (SSSR count). The molecule has 3 N–H and O–H groups in total. The molecule has 1 aromatic carbocycles. The minimum atomic E-state index is -0.999. The molecule has 1 atom stereocenters. The van der Waals surface area contributed by atoms with Gasteiger partial charge in [-0.05, 0) is 19.4 Å². The highest BCUT2D eigenvalue weighted by Gasteiger charge is 2.35. The van der Waals surface area contributed by atoms with Crippen LogP contribution >= 0.6 is 12.4 Å². The zero-order chi connectivity index (χ0) is 11.5. The molecule has 90 valence electrons. The van der Waals surface area contributed by atoms with Gasteiger partial charge in [-0.15, -0.1) is 12.4 Å². The second-order valence-corrected chi connectivity index (χ2v) is 3.63. The van der Waals surface area contributed by atoms with Gasteiger partial charge in [0, 0.05) is 0 Å². The summed E-state index contributed by atoms with van der Waals surface area (Å²) in [7, 11) is 1.34. The lowest BCUT2D eigenvalue weighted by molar-refractivity contribution is -0.148. The third kappa shape index (κ3) is 2.72. The maximum Gasteiger partial charge on any atom is 0.331 e. The van der Waals surface area contributed by atoms with Crippen molar-refractivity contribution in [3.63, 3.8) is 0 Å². The number of carbonyl (C=O) groups excluding carboxylic acids is 1. The summed E-state index contributed by atoms with van der Waals surface area (Å²) in [5, 5.41) is 0. The van der Waals surface area contributed by atoms with Crippen LogP contribution in [0.25, 0.3) is 0 Å². The van der Waals surface area contributed by atoms with E-state index in [2.05, 4.69) is 5.43 Å². The smallest absolute Gasteiger partial charge is 0.331 e. The van der Waals surface area contributed by atoms with Crippen LogP contribution in [-0.4, -0.2) is 13.1 Å². The summed E-state index contributed by atoms with van der Waals surface area (Å²) in [6, 6.07) is 7.57. The molecule has 0 saturated heterocycles. The van der Waals surface area contributed by atoms with Crippen LogP contribution in [0.1, 0.15) is 18.1 Å². The molecule has 0 aliphatic rings. The second-order valence-electron chi connectivity index (χ2n) is 3.63. The average Bonchev–Trinajstić information content (AvgIpc) is 2.26. The van der Waals surface area contributed by atoms with Crippen LogP contribution in [0.3, 0.4) is 0 Å². The number of ether oxygens (including phenoxy) is 1. The highest BCUT2D eigenvalue weighted by molar-refractivity contribution is 5.85. The first-order valence-electron chi connectivity index (χ1n) is 4.68. The number of esters is 1. The molecular formula is C11H17ClN2O2. The van der Waals surface area contributed by atoms with Crippen molar-refractivity contribution in [2.24, 2.45) is 5.84 Å².